The number of nitrogens with one attached hydrogen (secondary N) is 1. The van der Waals surface area contributed by atoms with Crippen LogP contribution in [0.4, 0.5) is 5.69 Å². The fourth-order valence-corrected chi connectivity index (χ4v) is 2.35. The molecule has 0 fully saturated rings. The van der Waals surface area contributed by atoms with E-state index >= 15 is 0 Å². The summed E-state index contributed by atoms with van der Waals surface area (Å²) in [5.41, 5.74) is 1.67. The minimum Gasteiger partial charge on any atom is -0.505 e. The van der Waals surface area contributed by atoms with Crippen LogP contribution in [0.1, 0.15) is 5.56 Å². The topological polar surface area (TPSA) is 50.7 Å². The molecule has 21 heavy (non-hydrogen) atoms. The lowest BCUT2D eigenvalue weighted by molar-refractivity contribution is 0.391. The molecule has 0 spiro atoms. The number of anilines is 1. The average molecular weight is 328 g/mol. The summed E-state index contributed by atoms with van der Waals surface area (Å²) in [5, 5.41) is 13.1. The molecule has 0 unspecified atom stereocenters. The number of hydrogen-bond donors (Lipinski definition) is 2. The second-order valence-corrected chi connectivity index (χ2v) is 5.13. The molecule has 2 aromatic carbocycles. The fraction of sp³-hybridized carbons (Fsp3) is 0.200. The number of benzene rings is 2. The van der Waals surface area contributed by atoms with Gasteiger partial charge in [0.05, 0.1) is 24.3 Å². The van der Waals surface area contributed by atoms with Gasteiger partial charge in [-0.05, 0) is 24.3 Å². The number of halogens is 2. The Labute approximate surface area is 133 Å². The normalized spacial score (nSPS) is 10.3. The zero-order valence-corrected chi connectivity index (χ0v) is 13.1. The first kappa shape index (κ1) is 15.6. The quantitative estimate of drug-likeness (QED) is 0.802. The third kappa shape index (κ3) is 3.65. The van der Waals surface area contributed by atoms with Crippen LogP contribution >= 0.6 is 23.2 Å². The van der Waals surface area contributed by atoms with Gasteiger partial charge in [0, 0.05) is 23.9 Å². The van der Waals surface area contributed by atoms with Gasteiger partial charge < -0.3 is 19.9 Å². The molecule has 0 amide bonds. The van der Waals surface area contributed by atoms with Gasteiger partial charge in [0.15, 0.2) is 5.75 Å². The largest absolute Gasteiger partial charge is 0.505 e. The molecule has 0 aliphatic rings. The molecule has 0 aliphatic carbocycles. The Balaban J connectivity index is 2.16. The van der Waals surface area contributed by atoms with E-state index in [4.69, 9.17) is 32.7 Å². The third-order valence-electron chi connectivity index (χ3n) is 2.99. The summed E-state index contributed by atoms with van der Waals surface area (Å²) in [6.45, 7) is 0.518. The van der Waals surface area contributed by atoms with Crippen molar-refractivity contribution in [1.82, 2.24) is 0 Å². The lowest BCUT2D eigenvalue weighted by Gasteiger charge is -2.13. The van der Waals surface area contributed by atoms with E-state index in [1.165, 1.54) is 0 Å². The molecule has 6 heteroatoms. The van der Waals surface area contributed by atoms with Crippen LogP contribution in [0.2, 0.25) is 10.0 Å². The minimum atomic E-state index is -0.120. The molecule has 2 aromatic rings. The summed E-state index contributed by atoms with van der Waals surface area (Å²) in [4.78, 5) is 0. The minimum absolute atomic E-state index is 0.120. The molecule has 112 valence electrons. The number of hydrogen-bond acceptors (Lipinski definition) is 4. The number of ether oxygens (including phenoxy) is 2. The van der Waals surface area contributed by atoms with E-state index in [0.29, 0.717) is 12.2 Å². The monoisotopic (exact) mass is 327 g/mol. The van der Waals surface area contributed by atoms with E-state index < -0.39 is 0 Å². The van der Waals surface area contributed by atoms with Gasteiger partial charge in [0.2, 0.25) is 0 Å². The molecule has 0 saturated carbocycles. The predicted octanol–water partition coefficient (Wildman–Crippen LogP) is 4.33. The molecule has 0 radical (unpaired) electrons. The van der Waals surface area contributed by atoms with Gasteiger partial charge in [-0.15, -0.1) is 0 Å². The maximum atomic E-state index is 9.53. The van der Waals surface area contributed by atoms with Crippen LogP contribution in [0, 0.1) is 0 Å². The van der Waals surface area contributed by atoms with E-state index in [2.05, 4.69) is 5.32 Å². The molecular formula is C15H15Cl2NO3. The van der Waals surface area contributed by atoms with E-state index in [-0.39, 0.29) is 15.8 Å². The Bertz CT molecular complexity index is 624. The van der Waals surface area contributed by atoms with Gasteiger partial charge in [0.25, 0.3) is 0 Å². The maximum Gasteiger partial charge on any atom is 0.152 e. The molecule has 0 bridgehead atoms. The van der Waals surface area contributed by atoms with E-state index in [1.807, 2.05) is 18.2 Å². The van der Waals surface area contributed by atoms with Crippen molar-refractivity contribution in [3.05, 3.63) is 45.9 Å². The maximum absolute atomic E-state index is 9.53. The summed E-state index contributed by atoms with van der Waals surface area (Å²) in [6.07, 6.45) is 0. The highest BCUT2D eigenvalue weighted by molar-refractivity contribution is 6.37. The van der Waals surface area contributed by atoms with Gasteiger partial charge in [-0.2, -0.15) is 0 Å². The van der Waals surface area contributed by atoms with Crippen molar-refractivity contribution < 1.29 is 14.6 Å². The lowest BCUT2D eigenvalue weighted by atomic mass is 10.2. The molecule has 4 nitrogen and oxygen atoms in total. The van der Waals surface area contributed by atoms with Crippen LogP contribution in [0.3, 0.4) is 0 Å². The van der Waals surface area contributed by atoms with Gasteiger partial charge in [0.1, 0.15) is 11.5 Å². The van der Waals surface area contributed by atoms with E-state index in [0.717, 1.165) is 17.1 Å². The molecule has 0 aliphatic heterocycles. The molecule has 2 N–H and O–H groups in total. The summed E-state index contributed by atoms with van der Waals surface area (Å²) in [5.74, 6) is 1.33. The first-order valence-electron chi connectivity index (χ1n) is 6.18. The van der Waals surface area contributed by atoms with E-state index in [1.54, 1.807) is 26.4 Å². The van der Waals surface area contributed by atoms with Crippen LogP contribution in [0.25, 0.3) is 0 Å². The fourth-order valence-electron chi connectivity index (χ4n) is 1.86. The number of aromatic hydroxyl groups is 1. The average Bonchev–Trinajstić information content (AvgIpc) is 2.50. The van der Waals surface area contributed by atoms with Gasteiger partial charge in [-0.25, -0.2) is 0 Å². The molecule has 0 aromatic heterocycles. The van der Waals surface area contributed by atoms with E-state index in [9.17, 15) is 5.11 Å². The first-order valence-corrected chi connectivity index (χ1v) is 6.93. The Morgan fingerprint density at radius 3 is 2.29 bits per heavy atom. The smallest absolute Gasteiger partial charge is 0.152 e. The van der Waals surface area contributed by atoms with Crippen molar-refractivity contribution in [2.75, 3.05) is 19.5 Å². The molecule has 0 atom stereocenters. The highest BCUT2D eigenvalue weighted by Gasteiger charge is 2.08. The molecular weight excluding hydrogens is 313 g/mol. The Morgan fingerprint density at radius 1 is 1.05 bits per heavy atom. The Morgan fingerprint density at radius 2 is 1.71 bits per heavy atom. The SMILES string of the molecule is COc1ccc(CNc2cc(Cl)c(O)c(Cl)c2)c(OC)c1. The number of rotatable bonds is 5. The summed E-state index contributed by atoms with van der Waals surface area (Å²) < 4.78 is 10.5. The second kappa shape index (κ2) is 6.78. The van der Waals surface area contributed by atoms with Gasteiger partial charge in [-0.1, -0.05) is 23.2 Å². The number of phenolic OH excluding ortho intramolecular Hbond substituents is 1. The second-order valence-electron chi connectivity index (χ2n) is 4.32. The Hall–Kier alpha value is -1.78. The summed E-state index contributed by atoms with van der Waals surface area (Å²) >= 11 is 11.8. The highest BCUT2D eigenvalue weighted by Crippen LogP contribution is 2.35. The molecule has 0 saturated heterocycles. The summed E-state index contributed by atoms with van der Waals surface area (Å²) in [6, 6.07) is 8.80. The number of methoxy groups -OCH3 is 2. The van der Waals surface area contributed by atoms with Gasteiger partial charge in [-0.3, -0.25) is 0 Å². The highest BCUT2D eigenvalue weighted by atomic mass is 35.5. The van der Waals surface area contributed by atoms with Crippen molar-refractivity contribution in [2.24, 2.45) is 0 Å². The zero-order chi connectivity index (χ0) is 15.4. The van der Waals surface area contributed by atoms with Crippen molar-refractivity contribution >= 4 is 28.9 Å². The molecule has 0 heterocycles. The van der Waals surface area contributed by atoms with Crippen LogP contribution < -0.4 is 14.8 Å². The zero-order valence-electron chi connectivity index (χ0n) is 11.6. The molecule has 2 rings (SSSR count). The number of phenols is 1. The van der Waals surface area contributed by atoms with Gasteiger partial charge >= 0.3 is 0 Å². The van der Waals surface area contributed by atoms with Crippen LogP contribution in [-0.4, -0.2) is 19.3 Å². The van der Waals surface area contributed by atoms with Crippen LogP contribution in [0.15, 0.2) is 30.3 Å². The van der Waals surface area contributed by atoms with Crippen molar-refractivity contribution in [3.8, 4) is 17.2 Å². The first-order chi connectivity index (χ1) is 10.0. The summed E-state index contributed by atoms with van der Waals surface area (Å²) in [7, 11) is 3.21. The van der Waals surface area contributed by atoms with Crippen LogP contribution in [0.5, 0.6) is 17.2 Å². The van der Waals surface area contributed by atoms with Crippen molar-refractivity contribution in [2.45, 2.75) is 6.54 Å². The predicted molar refractivity (Wildman–Crippen MR) is 85.0 cm³/mol. The van der Waals surface area contributed by atoms with Crippen molar-refractivity contribution in [3.63, 3.8) is 0 Å². The van der Waals surface area contributed by atoms with Crippen molar-refractivity contribution in [1.29, 1.82) is 0 Å². The standard InChI is InChI=1S/C15H15Cl2NO3/c1-20-11-4-3-9(14(7-11)21-2)8-18-10-5-12(16)15(19)13(17)6-10/h3-7,18-19H,8H2,1-2H3. The van der Waals surface area contributed by atoms with Crippen LogP contribution in [-0.2, 0) is 6.54 Å². The Kier molecular flexibility index (Phi) is 5.04. The lowest BCUT2D eigenvalue weighted by Crippen LogP contribution is -2.02. The third-order valence-corrected chi connectivity index (χ3v) is 3.57.